The molecule has 1 saturated heterocycles. The molecule has 2 fully saturated rings. The SMILES string of the molecule is O=C(c1cccc(CO)c1)N1CCCC(c2n[nH]c(C3CC3)n2)C1. The van der Waals surface area contributed by atoms with Gasteiger partial charge in [-0.15, -0.1) is 0 Å². The van der Waals surface area contributed by atoms with Gasteiger partial charge in [0.15, 0.2) is 5.82 Å². The van der Waals surface area contributed by atoms with Gasteiger partial charge in [0, 0.05) is 30.5 Å². The number of amides is 1. The summed E-state index contributed by atoms with van der Waals surface area (Å²) in [5.74, 6) is 2.64. The number of benzene rings is 1. The lowest BCUT2D eigenvalue weighted by atomic mass is 9.96. The van der Waals surface area contributed by atoms with E-state index in [0.29, 0.717) is 18.0 Å². The third-order valence-corrected chi connectivity index (χ3v) is 4.91. The van der Waals surface area contributed by atoms with E-state index in [2.05, 4.69) is 15.2 Å². The van der Waals surface area contributed by atoms with Crippen LogP contribution in [-0.4, -0.2) is 44.2 Å². The maximum absolute atomic E-state index is 12.8. The molecule has 1 aliphatic carbocycles. The van der Waals surface area contributed by atoms with Crippen LogP contribution in [0.25, 0.3) is 0 Å². The minimum Gasteiger partial charge on any atom is -0.392 e. The van der Waals surface area contributed by atoms with E-state index in [-0.39, 0.29) is 18.4 Å². The van der Waals surface area contributed by atoms with E-state index in [1.807, 2.05) is 23.1 Å². The zero-order valence-electron chi connectivity index (χ0n) is 13.6. The first-order valence-corrected chi connectivity index (χ1v) is 8.66. The van der Waals surface area contributed by atoms with Crippen LogP contribution < -0.4 is 0 Å². The van der Waals surface area contributed by atoms with Gasteiger partial charge >= 0.3 is 0 Å². The minimum absolute atomic E-state index is 0.0213. The van der Waals surface area contributed by atoms with E-state index >= 15 is 0 Å². The summed E-state index contributed by atoms with van der Waals surface area (Å²) in [6.45, 7) is 1.37. The molecule has 2 aromatic rings. The van der Waals surface area contributed by atoms with Crippen LogP contribution in [0.1, 0.15) is 65.1 Å². The number of nitrogens with zero attached hydrogens (tertiary/aromatic N) is 3. The molecule has 6 nitrogen and oxygen atoms in total. The molecular weight excluding hydrogens is 304 g/mol. The molecule has 1 aliphatic heterocycles. The molecule has 126 valence electrons. The van der Waals surface area contributed by atoms with Crippen molar-refractivity contribution in [3.05, 3.63) is 47.0 Å². The maximum Gasteiger partial charge on any atom is 0.253 e. The fourth-order valence-electron chi connectivity index (χ4n) is 3.37. The number of piperidine rings is 1. The number of carbonyl (C=O) groups excluding carboxylic acids is 1. The minimum atomic E-state index is -0.0507. The van der Waals surface area contributed by atoms with Crippen molar-refractivity contribution in [2.24, 2.45) is 0 Å². The number of likely N-dealkylation sites (tertiary alicyclic amines) is 1. The van der Waals surface area contributed by atoms with E-state index in [1.54, 1.807) is 6.07 Å². The summed E-state index contributed by atoms with van der Waals surface area (Å²) in [7, 11) is 0. The Labute approximate surface area is 140 Å². The molecule has 1 amide bonds. The highest BCUT2D eigenvalue weighted by Gasteiger charge is 2.31. The molecule has 24 heavy (non-hydrogen) atoms. The van der Waals surface area contributed by atoms with E-state index in [9.17, 15) is 9.90 Å². The maximum atomic E-state index is 12.8. The summed E-state index contributed by atoms with van der Waals surface area (Å²) in [5, 5.41) is 16.7. The van der Waals surface area contributed by atoms with Crippen LogP contribution in [0.15, 0.2) is 24.3 Å². The average molecular weight is 326 g/mol. The molecule has 1 atom stereocenters. The number of nitrogens with one attached hydrogen (secondary N) is 1. The van der Waals surface area contributed by atoms with Crippen molar-refractivity contribution in [1.82, 2.24) is 20.1 Å². The molecule has 4 rings (SSSR count). The number of rotatable bonds is 4. The number of aliphatic hydroxyl groups excluding tert-OH is 1. The summed E-state index contributed by atoms with van der Waals surface area (Å²) < 4.78 is 0. The van der Waals surface area contributed by atoms with Crippen LogP contribution in [0.2, 0.25) is 0 Å². The van der Waals surface area contributed by atoms with Crippen molar-refractivity contribution in [3.63, 3.8) is 0 Å². The lowest BCUT2D eigenvalue weighted by molar-refractivity contribution is 0.0704. The number of H-pyrrole nitrogens is 1. The summed E-state index contributed by atoms with van der Waals surface area (Å²) in [6.07, 6.45) is 4.38. The molecular formula is C18H22N4O2. The van der Waals surface area contributed by atoms with Crippen LogP contribution in [-0.2, 0) is 6.61 Å². The Morgan fingerprint density at radius 2 is 2.17 bits per heavy atom. The van der Waals surface area contributed by atoms with Gasteiger partial charge in [-0.05, 0) is 43.4 Å². The second-order valence-corrected chi connectivity index (χ2v) is 6.80. The topological polar surface area (TPSA) is 82.1 Å². The largest absolute Gasteiger partial charge is 0.392 e. The van der Waals surface area contributed by atoms with E-state index < -0.39 is 0 Å². The quantitative estimate of drug-likeness (QED) is 0.902. The molecule has 1 aromatic carbocycles. The number of aliphatic hydroxyl groups is 1. The Balaban J connectivity index is 1.48. The van der Waals surface area contributed by atoms with Gasteiger partial charge in [0.1, 0.15) is 5.82 Å². The third-order valence-electron chi connectivity index (χ3n) is 4.91. The molecule has 2 aliphatic rings. The second kappa shape index (κ2) is 6.36. The third kappa shape index (κ3) is 3.06. The van der Waals surface area contributed by atoms with E-state index in [4.69, 9.17) is 0 Å². The molecule has 0 spiro atoms. The molecule has 2 heterocycles. The molecule has 0 bridgehead atoms. The predicted molar refractivity (Wildman–Crippen MR) is 88.6 cm³/mol. The molecule has 1 aromatic heterocycles. The molecule has 1 unspecified atom stereocenters. The van der Waals surface area contributed by atoms with Crippen molar-refractivity contribution in [2.45, 2.75) is 44.1 Å². The van der Waals surface area contributed by atoms with Gasteiger partial charge in [-0.3, -0.25) is 9.89 Å². The molecule has 6 heteroatoms. The summed E-state index contributed by atoms with van der Waals surface area (Å²) in [5.41, 5.74) is 1.40. The number of hydrogen-bond donors (Lipinski definition) is 2. The first-order valence-electron chi connectivity index (χ1n) is 8.66. The zero-order chi connectivity index (χ0) is 16.5. The number of carbonyl (C=O) groups is 1. The Hall–Kier alpha value is -2.21. The van der Waals surface area contributed by atoms with Gasteiger partial charge in [-0.1, -0.05) is 12.1 Å². The Kier molecular flexibility index (Phi) is 4.06. The van der Waals surface area contributed by atoms with Crippen molar-refractivity contribution >= 4 is 5.91 Å². The van der Waals surface area contributed by atoms with E-state index in [1.165, 1.54) is 12.8 Å². The van der Waals surface area contributed by atoms with Gasteiger partial charge in [-0.25, -0.2) is 4.98 Å². The van der Waals surface area contributed by atoms with Crippen molar-refractivity contribution in [1.29, 1.82) is 0 Å². The molecule has 0 radical (unpaired) electrons. The van der Waals surface area contributed by atoms with Crippen LogP contribution in [0, 0.1) is 0 Å². The van der Waals surface area contributed by atoms with Crippen molar-refractivity contribution in [2.75, 3.05) is 13.1 Å². The van der Waals surface area contributed by atoms with Gasteiger partial charge in [0.25, 0.3) is 5.91 Å². The van der Waals surface area contributed by atoms with Gasteiger partial charge < -0.3 is 10.0 Å². The summed E-state index contributed by atoms with van der Waals surface area (Å²) in [4.78, 5) is 19.3. The lowest BCUT2D eigenvalue weighted by Gasteiger charge is -2.31. The summed E-state index contributed by atoms with van der Waals surface area (Å²) in [6, 6.07) is 7.22. The van der Waals surface area contributed by atoms with E-state index in [0.717, 1.165) is 36.6 Å². The predicted octanol–water partition coefficient (Wildman–Crippen LogP) is 2.19. The van der Waals surface area contributed by atoms with Gasteiger partial charge in [0.05, 0.1) is 6.61 Å². The number of hydrogen-bond acceptors (Lipinski definition) is 4. The smallest absolute Gasteiger partial charge is 0.253 e. The first kappa shape index (κ1) is 15.3. The van der Waals surface area contributed by atoms with Crippen molar-refractivity contribution < 1.29 is 9.90 Å². The Morgan fingerprint density at radius 3 is 2.96 bits per heavy atom. The second-order valence-electron chi connectivity index (χ2n) is 6.80. The molecule has 1 saturated carbocycles. The van der Waals surface area contributed by atoms with Crippen LogP contribution >= 0.6 is 0 Å². The number of aromatic nitrogens is 3. The highest BCUT2D eigenvalue weighted by Crippen LogP contribution is 2.38. The molecule has 2 N–H and O–H groups in total. The van der Waals surface area contributed by atoms with Gasteiger partial charge in [-0.2, -0.15) is 5.10 Å². The Morgan fingerprint density at radius 1 is 1.29 bits per heavy atom. The van der Waals surface area contributed by atoms with Crippen LogP contribution in [0.4, 0.5) is 0 Å². The Bertz CT molecular complexity index is 738. The van der Waals surface area contributed by atoms with Crippen LogP contribution in [0.5, 0.6) is 0 Å². The lowest BCUT2D eigenvalue weighted by Crippen LogP contribution is -2.39. The zero-order valence-corrected chi connectivity index (χ0v) is 13.6. The highest BCUT2D eigenvalue weighted by molar-refractivity contribution is 5.94. The fourth-order valence-corrected chi connectivity index (χ4v) is 3.37. The first-order chi connectivity index (χ1) is 11.7. The van der Waals surface area contributed by atoms with Gasteiger partial charge in [0.2, 0.25) is 0 Å². The highest BCUT2D eigenvalue weighted by atomic mass is 16.3. The fraction of sp³-hybridized carbons (Fsp3) is 0.500. The summed E-state index contributed by atoms with van der Waals surface area (Å²) >= 11 is 0. The normalized spacial score (nSPS) is 21.0. The standard InChI is InChI=1S/C18H22N4O2/c23-11-12-3-1-4-14(9-12)18(24)22-8-2-5-15(10-22)17-19-16(20-21-17)13-6-7-13/h1,3-4,9,13,15,23H,2,5-8,10-11H2,(H,19,20,21). The van der Waals surface area contributed by atoms with Crippen LogP contribution in [0.3, 0.4) is 0 Å². The monoisotopic (exact) mass is 326 g/mol. The number of aromatic amines is 1. The average Bonchev–Trinajstić information content (AvgIpc) is 3.38. The van der Waals surface area contributed by atoms with Crippen molar-refractivity contribution in [3.8, 4) is 0 Å².